The largest absolute Gasteiger partial charge is 0.469 e. The molecule has 1 saturated heterocycles. The number of carbonyl (C=O) groups excluding carboxylic acids is 3. The molecule has 1 aliphatic heterocycles. The van der Waals surface area contributed by atoms with Crippen LogP contribution in [0.15, 0.2) is 0 Å². The summed E-state index contributed by atoms with van der Waals surface area (Å²) in [5.41, 5.74) is 2.35. The number of esters is 1. The molecule has 3 amide bonds. The van der Waals surface area contributed by atoms with E-state index in [2.05, 4.69) is 15.5 Å². The molecule has 84 valence electrons. The van der Waals surface area contributed by atoms with Crippen molar-refractivity contribution < 1.29 is 19.1 Å². The van der Waals surface area contributed by atoms with Crippen molar-refractivity contribution in [1.29, 1.82) is 0 Å². The summed E-state index contributed by atoms with van der Waals surface area (Å²) in [5.74, 6) is -1.46. The molecular formula is C8H13N3O4. The van der Waals surface area contributed by atoms with Gasteiger partial charge in [-0.25, -0.2) is 9.80 Å². The van der Waals surface area contributed by atoms with E-state index in [4.69, 9.17) is 0 Å². The van der Waals surface area contributed by atoms with E-state index in [-0.39, 0.29) is 18.9 Å². The zero-order chi connectivity index (χ0) is 11.4. The minimum Gasteiger partial charge on any atom is -0.469 e. The van der Waals surface area contributed by atoms with Gasteiger partial charge < -0.3 is 10.1 Å². The van der Waals surface area contributed by atoms with Crippen LogP contribution in [0, 0.1) is 5.92 Å². The molecular weight excluding hydrogens is 202 g/mol. The van der Waals surface area contributed by atoms with Crippen LogP contribution >= 0.6 is 0 Å². The number of amides is 3. The number of methoxy groups -OCH3 is 1. The second-order valence-corrected chi connectivity index (χ2v) is 3.12. The first-order chi connectivity index (χ1) is 7.08. The van der Waals surface area contributed by atoms with Crippen LogP contribution in [-0.2, 0) is 14.3 Å². The Morgan fingerprint density at radius 3 is 2.80 bits per heavy atom. The molecule has 15 heavy (non-hydrogen) atoms. The molecule has 7 heteroatoms. The number of hydrogen-bond acceptors (Lipinski definition) is 4. The normalized spacial score (nSPS) is 20.5. The van der Waals surface area contributed by atoms with E-state index in [0.29, 0.717) is 0 Å². The molecule has 0 aromatic heterocycles. The first kappa shape index (κ1) is 11.3. The average molecular weight is 215 g/mol. The molecule has 0 saturated carbocycles. The van der Waals surface area contributed by atoms with Crippen LogP contribution in [0.5, 0.6) is 0 Å². The number of hydrazine groups is 1. The summed E-state index contributed by atoms with van der Waals surface area (Å²) in [7, 11) is 2.69. The van der Waals surface area contributed by atoms with Crippen molar-refractivity contribution in [1.82, 2.24) is 15.8 Å². The molecule has 2 N–H and O–H groups in total. The van der Waals surface area contributed by atoms with Gasteiger partial charge in [0, 0.05) is 13.5 Å². The maximum absolute atomic E-state index is 11.2. The van der Waals surface area contributed by atoms with Gasteiger partial charge in [-0.2, -0.15) is 0 Å². The van der Waals surface area contributed by atoms with Gasteiger partial charge in [0.05, 0.1) is 19.6 Å². The maximum atomic E-state index is 11.2. The third-order valence-electron chi connectivity index (χ3n) is 2.09. The minimum absolute atomic E-state index is 0.0418. The van der Waals surface area contributed by atoms with E-state index < -0.39 is 17.9 Å². The second-order valence-electron chi connectivity index (χ2n) is 3.12. The molecule has 0 bridgehead atoms. The summed E-state index contributed by atoms with van der Waals surface area (Å²) in [5, 5.41) is 3.42. The highest BCUT2D eigenvalue weighted by Gasteiger charge is 2.32. The summed E-state index contributed by atoms with van der Waals surface area (Å²) in [4.78, 5) is 33.6. The highest BCUT2D eigenvalue weighted by molar-refractivity contribution is 5.87. The quantitative estimate of drug-likeness (QED) is 0.541. The summed E-state index contributed by atoms with van der Waals surface area (Å²) < 4.78 is 4.52. The van der Waals surface area contributed by atoms with Gasteiger partial charge in [-0.15, -0.1) is 0 Å². The van der Waals surface area contributed by atoms with Crippen molar-refractivity contribution in [3.05, 3.63) is 0 Å². The number of ether oxygens (including phenoxy) is 1. The summed E-state index contributed by atoms with van der Waals surface area (Å²) in [6.07, 6.45) is 0.0418. The molecule has 0 aromatic carbocycles. The van der Waals surface area contributed by atoms with Crippen LogP contribution in [0.25, 0.3) is 0 Å². The SMILES string of the molecule is CNC(=O)N1CC(C(=O)OC)CC(=O)N1. The van der Waals surface area contributed by atoms with Crippen molar-refractivity contribution in [2.45, 2.75) is 6.42 Å². The molecule has 1 aliphatic rings. The number of carbonyl (C=O) groups is 3. The Morgan fingerprint density at radius 1 is 1.60 bits per heavy atom. The molecule has 0 spiro atoms. The van der Waals surface area contributed by atoms with Crippen molar-refractivity contribution in [2.24, 2.45) is 5.92 Å². The van der Waals surface area contributed by atoms with Gasteiger partial charge in [-0.1, -0.05) is 0 Å². The lowest BCUT2D eigenvalue weighted by atomic mass is 10.0. The molecule has 1 atom stereocenters. The monoisotopic (exact) mass is 215 g/mol. The van der Waals surface area contributed by atoms with E-state index in [1.165, 1.54) is 14.2 Å². The van der Waals surface area contributed by atoms with E-state index >= 15 is 0 Å². The third-order valence-corrected chi connectivity index (χ3v) is 2.09. The number of rotatable bonds is 1. The van der Waals surface area contributed by atoms with Crippen molar-refractivity contribution >= 4 is 17.9 Å². The van der Waals surface area contributed by atoms with Crippen LogP contribution in [0.4, 0.5) is 4.79 Å². The first-order valence-corrected chi connectivity index (χ1v) is 4.45. The summed E-state index contributed by atoms with van der Waals surface area (Å²) in [6, 6.07) is -0.461. The Morgan fingerprint density at radius 2 is 2.27 bits per heavy atom. The molecule has 1 unspecified atom stereocenters. The Balaban J connectivity index is 2.67. The van der Waals surface area contributed by atoms with Gasteiger partial charge in [0.1, 0.15) is 0 Å². The van der Waals surface area contributed by atoms with E-state index in [0.717, 1.165) is 5.01 Å². The van der Waals surface area contributed by atoms with Crippen molar-refractivity contribution in [3.8, 4) is 0 Å². The highest BCUT2D eigenvalue weighted by Crippen LogP contribution is 2.12. The lowest BCUT2D eigenvalue weighted by Gasteiger charge is -2.30. The fraction of sp³-hybridized carbons (Fsp3) is 0.625. The topological polar surface area (TPSA) is 87.7 Å². The smallest absolute Gasteiger partial charge is 0.335 e. The highest BCUT2D eigenvalue weighted by atomic mass is 16.5. The number of hydrogen-bond donors (Lipinski definition) is 2. The molecule has 0 aliphatic carbocycles. The Labute approximate surface area is 86.7 Å². The second kappa shape index (κ2) is 4.63. The van der Waals surface area contributed by atoms with E-state index in [1.807, 2.05) is 0 Å². The Kier molecular flexibility index (Phi) is 3.48. The maximum Gasteiger partial charge on any atom is 0.335 e. The number of nitrogens with zero attached hydrogens (tertiary/aromatic N) is 1. The molecule has 7 nitrogen and oxygen atoms in total. The fourth-order valence-corrected chi connectivity index (χ4v) is 1.34. The lowest BCUT2D eigenvalue weighted by Crippen LogP contribution is -2.57. The van der Waals surface area contributed by atoms with Crippen LogP contribution in [0.3, 0.4) is 0 Å². The number of urea groups is 1. The molecule has 1 heterocycles. The van der Waals surface area contributed by atoms with Gasteiger partial charge in [-0.3, -0.25) is 15.0 Å². The molecule has 1 rings (SSSR count). The van der Waals surface area contributed by atoms with Crippen LogP contribution in [0.1, 0.15) is 6.42 Å². The van der Waals surface area contributed by atoms with Gasteiger partial charge in [0.15, 0.2) is 0 Å². The Bertz CT molecular complexity index is 266. The molecule has 0 aromatic rings. The van der Waals surface area contributed by atoms with Crippen molar-refractivity contribution in [2.75, 3.05) is 20.7 Å². The van der Waals surface area contributed by atoms with Gasteiger partial charge >= 0.3 is 12.0 Å². The zero-order valence-corrected chi connectivity index (χ0v) is 8.57. The van der Waals surface area contributed by atoms with Crippen LogP contribution in [0.2, 0.25) is 0 Å². The predicted octanol–water partition coefficient (Wildman–Crippen LogP) is -1.15. The number of nitrogens with one attached hydrogen (secondary N) is 2. The molecule has 1 fully saturated rings. The van der Waals surface area contributed by atoms with Crippen LogP contribution < -0.4 is 10.7 Å². The standard InChI is InChI=1S/C8H13N3O4/c1-9-8(14)11-4-5(7(13)15-2)3-6(12)10-11/h5H,3-4H2,1-2H3,(H,9,14)(H,10,12). The average Bonchev–Trinajstić information content (AvgIpc) is 2.26. The summed E-state index contributed by atoms with van der Waals surface area (Å²) >= 11 is 0. The van der Waals surface area contributed by atoms with E-state index in [9.17, 15) is 14.4 Å². The third kappa shape index (κ3) is 2.58. The van der Waals surface area contributed by atoms with Gasteiger partial charge in [0.25, 0.3) is 0 Å². The Hall–Kier alpha value is -1.79. The van der Waals surface area contributed by atoms with E-state index in [1.54, 1.807) is 0 Å². The minimum atomic E-state index is -0.596. The first-order valence-electron chi connectivity index (χ1n) is 4.45. The lowest BCUT2D eigenvalue weighted by molar-refractivity contribution is -0.151. The zero-order valence-electron chi connectivity index (χ0n) is 8.57. The predicted molar refractivity (Wildman–Crippen MR) is 49.4 cm³/mol. The fourth-order valence-electron chi connectivity index (χ4n) is 1.34. The van der Waals surface area contributed by atoms with Gasteiger partial charge in [-0.05, 0) is 0 Å². The van der Waals surface area contributed by atoms with Gasteiger partial charge in [0.2, 0.25) is 5.91 Å². The van der Waals surface area contributed by atoms with Crippen molar-refractivity contribution in [3.63, 3.8) is 0 Å². The molecule has 0 radical (unpaired) electrons. The van der Waals surface area contributed by atoms with Crippen LogP contribution in [-0.4, -0.2) is 43.6 Å². The summed E-state index contributed by atoms with van der Waals surface area (Å²) in [6.45, 7) is 0.123.